The number of nitrogens with two attached hydrogens (primary N) is 1. The first-order valence-corrected chi connectivity index (χ1v) is 4.39. The Morgan fingerprint density at radius 1 is 1.71 bits per heavy atom. The third-order valence-electron chi connectivity index (χ3n) is 0.820. The standard InChI is InChI=1S/C4H8N2Se/c5-4-6-2-1-3-7-4/h1-3H2,(H2,5,6). The predicted octanol–water partition coefficient (Wildman–Crippen LogP) is -0.173. The Bertz CT molecular complexity index is 89.7. The summed E-state index contributed by atoms with van der Waals surface area (Å²) in [5, 5.41) is 1.29. The zero-order chi connectivity index (χ0) is 5.11. The van der Waals surface area contributed by atoms with Gasteiger partial charge in [0.15, 0.2) is 0 Å². The first kappa shape index (κ1) is 5.13. The molecule has 40 valence electrons. The fraction of sp³-hybridized carbons (Fsp3) is 0.750. The van der Waals surface area contributed by atoms with Gasteiger partial charge in [0.25, 0.3) is 0 Å². The molecule has 0 aromatic carbocycles. The van der Waals surface area contributed by atoms with Gasteiger partial charge >= 0.3 is 48.7 Å². The molecule has 0 spiro atoms. The summed E-state index contributed by atoms with van der Waals surface area (Å²) in [5.74, 6) is 0. The Morgan fingerprint density at radius 2 is 2.57 bits per heavy atom. The Hall–Kier alpha value is -0.0105. The number of aliphatic imine (C=N–C) groups is 1. The second-order valence-corrected chi connectivity index (χ2v) is 3.76. The Labute approximate surface area is 49.3 Å². The number of rotatable bonds is 0. The van der Waals surface area contributed by atoms with Crippen LogP contribution in [-0.4, -0.2) is 26.2 Å². The van der Waals surface area contributed by atoms with Gasteiger partial charge in [-0.15, -0.1) is 0 Å². The third kappa shape index (κ3) is 1.49. The van der Waals surface area contributed by atoms with Gasteiger partial charge in [-0.05, 0) is 0 Å². The van der Waals surface area contributed by atoms with Gasteiger partial charge in [0.05, 0.1) is 0 Å². The molecule has 0 bridgehead atoms. The summed E-state index contributed by atoms with van der Waals surface area (Å²) in [4.78, 5) is 4.05. The molecule has 0 saturated carbocycles. The van der Waals surface area contributed by atoms with E-state index in [0.29, 0.717) is 15.0 Å². The zero-order valence-electron chi connectivity index (χ0n) is 4.05. The van der Waals surface area contributed by atoms with Gasteiger partial charge in [-0.1, -0.05) is 0 Å². The number of amidine groups is 1. The van der Waals surface area contributed by atoms with Crippen molar-refractivity contribution >= 4 is 19.7 Å². The van der Waals surface area contributed by atoms with Crippen molar-refractivity contribution in [3.63, 3.8) is 0 Å². The molecule has 1 rings (SSSR count). The predicted molar refractivity (Wildman–Crippen MR) is 31.7 cm³/mol. The van der Waals surface area contributed by atoms with Gasteiger partial charge in [-0.3, -0.25) is 0 Å². The summed E-state index contributed by atoms with van der Waals surface area (Å²) in [6.45, 7) is 0.966. The van der Waals surface area contributed by atoms with E-state index in [-0.39, 0.29) is 0 Å². The van der Waals surface area contributed by atoms with Crippen molar-refractivity contribution in [1.82, 2.24) is 0 Å². The maximum atomic E-state index is 5.41. The number of hydrogen-bond acceptors (Lipinski definition) is 2. The first-order chi connectivity index (χ1) is 3.39. The molecule has 1 aliphatic heterocycles. The van der Waals surface area contributed by atoms with Crippen molar-refractivity contribution in [1.29, 1.82) is 0 Å². The van der Waals surface area contributed by atoms with E-state index in [1.54, 1.807) is 0 Å². The van der Waals surface area contributed by atoms with Crippen LogP contribution in [0, 0.1) is 0 Å². The quantitative estimate of drug-likeness (QED) is 0.494. The van der Waals surface area contributed by atoms with E-state index in [1.807, 2.05) is 0 Å². The first-order valence-electron chi connectivity index (χ1n) is 2.32. The van der Waals surface area contributed by atoms with Crippen LogP contribution in [-0.2, 0) is 0 Å². The van der Waals surface area contributed by atoms with Crippen molar-refractivity contribution in [3.05, 3.63) is 0 Å². The topological polar surface area (TPSA) is 38.4 Å². The maximum absolute atomic E-state index is 5.41. The summed E-state index contributed by atoms with van der Waals surface area (Å²) in [5.41, 5.74) is 5.41. The molecule has 0 radical (unpaired) electrons. The summed E-state index contributed by atoms with van der Waals surface area (Å²) in [7, 11) is 0. The van der Waals surface area contributed by atoms with E-state index in [1.165, 1.54) is 11.7 Å². The van der Waals surface area contributed by atoms with E-state index >= 15 is 0 Å². The van der Waals surface area contributed by atoms with Crippen LogP contribution >= 0.6 is 0 Å². The van der Waals surface area contributed by atoms with Crippen LogP contribution in [0.2, 0.25) is 5.32 Å². The Morgan fingerprint density at radius 3 is 2.86 bits per heavy atom. The van der Waals surface area contributed by atoms with Crippen LogP contribution in [0.15, 0.2) is 4.99 Å². The third-order valence-corrected chi connectivity index (χ3v) is 2.75. The fourth-order valence-electron chi connectivity index (χ4n) is 0.476. The van der Waals surface area contributed by atoms with Crippen LogP contribution in [0.5, 0.6) is 0 Å². The molecule has 3 heteroatoms. The van der Waals surface area contributed by atoms with Gasteiger partial charge in [-0.25, -0.2) is 0 Å². The molecule has 0 aliphatic carbocycles. The van der Waals surface area contributed by atoms with Crippen molar-refractivity contribution in [2.45, 2.75) is 11.7 Å². The molecule has 0 aromatic rings. The van der Waals surface area contributed by atoms with E-state index in [9.17, 15) is 0 Å². The molecule has 1 heterocycles. The van der Waals surface area contributed by atoms with E-state index in [2.05, 4.69) is 4.99 Å². The number of nitrogens with zero attached hydrogens (tertiary/aromatic N) is 1. The van der Waals surface area contributed by atoms with Crippen molar-refractivity contribution in [2.75, 3.05) is 6.54 Å². The molecular weight excluding hydrogens is 155 g/mol. The SMILES string of the molecule is NC1=NCCC[Se]1. The Balaban J connectivity index is 2.40. The van der Waals surface area contributed by atoms with Crippen LogP contribution in [0.3, 0.4) is 0 Å². The van der Waals surface area contributed by atoms with Crippen molar-refractivity contribution in [2.24, 2.45) is 10.7 Å². The van der Waals surface area contributed by atoms with Crippen LogP contribution in [0.1, 0.15) is 6.42 Å². The van der Waals surface area contributed by atoms with E-state index < -0.39 is 0 Å². The monoisotopic (exact) mass is 164 g/mol. The number of hydrogen-bond donors (Lipinski definition) is 1. The molecule has 7 heavy (non-hydrogen) atoms. The molecule has 0 atom stereocenters. The van der Waals surface area contributed by atoms with Gasteiger partial charge in [0, 0.05) is 0 Å². The summed E-state index contributed by atoms with van der Waals surface area (Å²) < 4.78 is 0.902. The molecule has 0 aromatic heterocycles. The second-order valence-electron chi connectivity index (χ2n) is 1.42. The minimum absolute atomic E-state index is 0.540. The molecule has 0 unspecified atom stereocenters. The average molecular weight is 163 g/mol. The molecule has 0 amide bonds. The van der Waals surface area contributed by atoms with Crippen molar-refractivity contribution in [3.8, 4) is 0 Å². The van der Waals surface area contributed by atoms with Gasteiger partial charge in [0.2, 0.25) is 0 Å². The van der Waals surface area contributed by atoms with Crippen LogP contribution < -0.4 is 5.73 Å². The molecule has 0 fully saturated rings. The fourth-order valence-corrected chi connectivity index (χ4v) is 1.87. The zero-order valence-corrected chi connectivity index (χ0v) is 5.77. The van der Waals surface area contributed by atoms with E-state index in [0.717, 1.165) is 11.3 Å². The molecule has 2 nitrogen and oxygen atoms in total. The Kier molecular flexibility index (Phi) is 1.71. The summed E-state index contributed by atoms with van der Waals surface area (Å²) in [6.07, 6.45) is 1.25. The van der Waals surface area contributed by atoms with Gasteiger partial charge in [0.1, 0.15) is 0 Å². The minimum atomic E-state index is 0.540. The normalized spacial score (nSPS) is 21.4. The second kappa shape index (κ2) is 2.34. The van der Waals surface area contributed by atoms with Crippen LogP contribution in [0.4, 0.5) is 0 Å². The van der Waals surface area contributed by atoms with Crippen molar-refractivity contribution < 1.29 is 0 Å². The summed E-state index contributed by atoms with van der Waals surface area (Å²) >= 11 is 0.540. The molecule has 1 aliphatic rings. The van der Waals surface area contributed by atoms with Crippen LogP contribution in [0.25, 0.3) is 0 Å². The van der Waals surface area contributed by atoms with Gasteiger partial charge in [-0.2, -0.15) is 0 Å². The average Bonchev–Trinajstić information content (AvgIpc) is 1.69. The molecular formula is C4H8N2Se. The van der Waals surface area contributed by atoms with Gasteiger partial charge < -0.3 is 0 Å². The molecule has 2 N–H and O–H groups in total. The van der Waals surface area contributed by atoms with E-state index in [4.69, 9.17) is 5.73 Å². The summed E-state index contributed by atoms with van der Waals surface area (Å²) in [6, 6.07) is 0. The molecule has 0 saturated heterocycles.